The quantitative estimate of drug-likeness (QED) is 0.0795. The largest absolute Gasteiger partial charge is 1.00 e. The van der Waals surface area contributed by atoms with Crippen molar-refractivity contribution >= 4 is 33.0 Å². The van der Waals surface area contributed by atoms with Crippen molar-refractivity contribution in [1.29, 1.82) is 0 Å². The Balaban J connectivity index is -0.000000124. The molecule has 0 spiro atoms. The van der Waals surface area contributed by atoms with Gasteiger partial charge in [0.25, 0.3) is 0 Å². The second kappa shape index (κ2) is 41.2. The van der Waals surface area contributed by atoms with Crippen molar-refractivity contribution < 1.29 is 31.4 Å². The Kier molecular flexibility index (Phi) is 54.9. The molecule has 0 fully saturated rings. The minimum absolute atomic E-state index is 0. The van der Waals surface area contributed by atoms with Crippen LogP contribution in [0.3, 0.4) is 0 Å². The number of unbranched alkanes of at least 4 members (excludes halogenated alkanes) is 8. The SMILES string of the molecule is CC(=O)[O-].CCCC[N+](CCCC)(CCCC)CCCC.CCCC[P+](CCCC)(CCCC)CCCC.P.P.[Br-]. The van der Waals surface area contributed by atoms with Gasteiger partial charge in [0.15, 0.2) is 0 Å². The number of carboxylic acid groups (broad SMARTS) is 1. The molecule has 2 atom stereocenters. The topological polar surface area (TPSA) is 40.1 Å². The summed E-state index contributed by atoms with van der Waals surface area (Å²) in [4.78, 5) is 8.89. The third-order valence-electron chi connectivity index (χ3n) is 7.89. The summed E-state index contributed by atoms with van der Waals surface area (Å²) in [5, 5.41) is 8.89. The summed E-state index contributed by atoms with van der Waals surface area (Å²) in [6.45, 7) is 25.4. The van der Waals surface area contributed by atoms with Crippen LogP contribution < -0.4 is 22.1 Å². The predicted octanol–water partition coefficient (Wildman–Crippen LogP) is 7.08. The third-order valence-corrected chi connectivity index (χ3v) is 12.9. The molecular formula is C34H81BrNO2P3. The van der Waals surface area contributed by atoms with Gasteiger partial charge in [-0.2, -0.15) is 19.8 Å². The first-order valence-corrected chi connectivity index (χ1v) is 19.6. The van der Waals surface area contributed by atoms with Gasteiger partial charge in [0.05, 0.1) is 50.8 Å². The maximum Gasteiger partial charge on any atom is 0.0786 e. The van der Waals surface area contributed by atoms with Crippen LogP contribution in [0.4, 0.5) is 0 Å². The molecule has 41 heavy (non-hydrogen) atoms. The minimum Gasteiger partial charge on any atom is -1.00 e. The first-order chi connectivity index (χ1) is 18.2. The molecule has 0 aliphatic carbocycles. The predicted molar refractivity (Wildman–Crippen MR) is 198 cm³/mol. The fourth-order valence-electron chi connectivity index (χ4n) is 5.29. The Morgan fingerprint density at radius 3 is 0.805 bits per heavy atom. The minimum atomic E-state index is -1.08. The van der Waals surface area contributed by atoms with E-state index < -0.39 is 13.2 Å². The lowest BCUT2D eigenvalue weighted by Crippen LogP contribution is -3.00. The molecule has 0 saturated carbocycles. The number of nitrogens with zero attached hydrogens (tertiary/aromatic N) is 1. The third kappa shape index (κ3) is 37.3. The number of carbonyl (C=O) groups is 1. The first-order valence-electron chi connectivity index (χ1n) is 17.1. The van der Waals surface area contributed by atoms with Crippen molar-refractivity contribution in [2.75, 3.05) is 50.8 Å². The van der Waals surface area contributed by atoms with Gasteiger partial charge < -0.3 is 31.4 Å². The van der Waals surface area contributed by atoms with Gasteiger partial charge in [0.1, 0.15) is 0 Å². The van der Waals surface area contributed by atoms with E-state index in [0.717, 1.165) is 6.92 Å². The van der Waals surface area contributed by atoms with E-state index >= 15 is 0 Å². The average molecular weight is 709 g/mol. The highest BCUT2D eigenvalue weighted by Gasteiger charge is 2.34. The number of aliphatic carboxylic acids is 1. The number of hydrogen-bond donors (Lipinski definition) is 0. The maximum atomic E-state index is 8.89. The van der Waals surface area contributed by atoms with Crippen LogP contribution in [0.2, 0.25) is 0 Å². The molecule has 0 aliphatic rings. The molecule has 0 radical (unpaired) electrons. The van der Waals surface area contributed by atoms with Gasteiger partial charge in [0.2, 0.25) is 0 Å². The van der Waals surface area contributed by atoms with E-state index in [1.54, 1.807) is 24.6 Å². The number of rotatable bonds is 24. The van der Waals surface area contributed by atoms with E-state index in [1.807, 2.05) is 0 Å². The maximum absolute atomic E-state index is 8.89. The molecule has 7 heteroatoms. The van der Waals surface area contributed by atoms with Gasteiger partial charge in [-0.15, -0.1) is 0 Å². The molecule has 0 aliphatic heterocycles. The molecule has 0 heterocycles. The fraction of sp³-hybridized carbons (Fsp3) is 0.971. The zero-order valence-electron chi connectivity index (χ0n) is 30.0. The molecule has 0 aromatic carbocycles. The van der Waals surface area contributed by atoms with E-state index in [4.69, 9.17) is 9.90 Å². The van der Waals surface area contributed by atoms with Crippen molar-refractivity contribution in [2.24, 2.45) is 0 Å². The normalized spacial score (nSPS) is 10.6. The lowest BCUT2D eigenvalue weighted by molar-refractivity contribution is -0.929. The number of carbonyl (C=O) groups excluding carboxylic acids is 1. The molecule has 0 aromatic rings. The Labute approximate surface area is 279 Å². The van der Waals surface area contributed by atoms with E-state index in [0.29, 0.717) is 0 Å². The molecule has 3 nitrogen and oxygen atoms in total. The van der Waals surface area contributed by atoms with Crippen molar-refractivity contribution in [3.63, 3.8) is 0 Å². The Hall–Kier alpha value is 1.20. The summed E-state index contributed by atoms with van der Waals surface area (Å²) in [6.07, 6.45) is 29.0. The lowest BCUT2D eigenvalue weighted by atomic mass is 10.1. The monoisotopic (exact) mass is 707 g/mol. The van der Waals surface area contributed by atoms with E-state index in [1.165, 1.54) is 133 Å². The number of quaternary nitrogens is 1. The highest BCUT2D eigenvalue weighted by molar-refractivity contribution is 7.75. The van der Waals surface area contributed by atoms with E-state index in [2.05, 4.69) is 55.4 Å². The average Bonchev–Trinajstić information content (AvgIpc) is 2.91. The summed E-state index contributed by atoms with van der Waals surface area (Å²) in [6, 6.07) is 0. The Morgan fingerprint density at radius 2 is 0.659 bits per heavy atom. The highest BCUT2D eigenvalue weighted by atomic mass is 79.9. The van der Waals surface area contributed by atoms with E-state index in [-0.39, 0.29) is 36.8 Å². The first kappa shape index (κ1) is 54.7. The van der Waals surface area contributed by atoms with Gasteiger partial charge in [-0.25, -0.2) is 0 Å². The number of carboxylic acids is 1. The van der Waals surface area contributed by atoms with Crippen molar-refractivity contribution in [1.82, 2.24) is 0 Å². The van der Waals surface area contributed by atoms with Crippen LogP contribution in [0.1, 0.15) is 165 Å². The molecular weight excluding hydrogens is 627 g/mol. The molecule has 0 rings (SSSR count). The molecule has 0 N–H and O–H groups in total. The molecule has 0 amide bonds. The summed E-state index contributed by atoms with van der Waals surface area (Å²) in [5.74, 6) is -1.08. The summed E-state index contributed by atoms with van der Waals surface area (Å²) < 4.78 is 1.42. The van der Waals surface area contributed by atoms with Crippen LogP contribution in [0.25, 0.3) is 0 Å². The van der Waals surface area contributed by atoms with Crippen molar-refractivity contribution in [3.8, 4) is 0 Å². The van der Waals surface area contributed by atoms with Gasteiger partial charge in [-0.1, -0.05) is 107 Å². The molecule has 0 saturated heterocycles. The van der Waals surface area contributed by atoms with Crippen LogP contribution in [0.5, 0.6) is 0 Å². The smallest absolute Gasteiger partial charge is 0.0786 e. The zero-order valence-corrected chi connectivity index (χ0v) is 35.3. The van der Waals surface area contributed by atoms with Gasteiger partial charge in [0, 0.05) is 13.2 Å². The summed E-state index contributed by atoms with van der Waals surface area (Å²) in [7, 11) is -0.562. The zero-order chi connectivity index (χ0) is 29.5. The second-order valence-corrected chi connectivity index (χ2v) is 16.3. The summed E-state index contributed by atoms with van der Waals surface area (Å²) in [5.41, 5.74) is 0. The van der Waals surface area contributed by atoms with Crippen LogP contribution in [0, 0.1) is 0 Å². The van der Waals surface area contributed by atoms with Crippen LogP contribution in [-0.2, 0) is 4.79 Å². The Bertz CT molecular complexity index is 370. The number of hydrogen-bond acceptors (Lipinski definition) is 2. The summed E-state index contributed by atoms with van der Waals surface area (Å²) >= 11 is 0. The molecule has 0 bridgehead atoms. The van der Waals surface area contributed by atoms with E-state index in [9.17, 15) is 0 Å². The fourth-order valence-corrected chi connectivity index (χ4v) is 10.6. The number of halogens is 1. The molecule has 0 aromatic heterocycles. The second-order valence-electron chi connectivity index (χ2n) is 11.8. The Morgan fingerprint density at radius 1 is 0.488 bits per heavy atom. The molecule has 2 unspecified atom stereocenters. The highest BCUT2D eigenvalue weighted by Crippen LogP contribution is 2.61. The van der Waals surface area contributed by atoms with Crippen LogP contribution >= 0.6 is 27.1 Å². The van der Waals surface area contributed by atoms with Gasteiger partial charge in [-0.3, -0.25) is 0 Å². The van der Waals surface area contributed by atoms with Crippen LogP contribution in [0.15, 0.2) is 0 Å². The van der Waals surface area contributed by atoms with Crippen LogP contribution in [-0.4, -0.2) is 61.3 Å². The molecule has 256 valence electrons. The van der Waals surface area contributed by atoms with Crippen molar-refractivity contribution in [3.05, 3.63) is 0 Å². The van der Waals surface area contributed by atoms with Gasteiger partial charge >= 0.3 is 0 Å². The van der Waals surface area contributed by atoms with Gasteiger partial charge in [-0.05, 0) is 58.3 Å². The lowest BCUT2D eigenvalue weighted by Gasteiger charge is -2.39. The van der Waals surface area contributed by atoms with Crippen molar-refractivity contribution in [2.45, 2.75) is 165 Å². The standard InChI is InChI=1S/C16H36N.C16H36P.C2H4O2.BrH.2H3P/c2*1-5-9-13-17(14-10-6-2,15-11-7-3)16-12-8-4;1-2(3)4;;;/h2*5-16H2,1-4H3;1H3,(H,3,4);1H;2*1H3/q2*+1;;;;/p-2.